The molecule has 0 saturated carbocycles. The van der Waals surface area contributed by atoms with Gasteiger partial charge in [0.1, 0.15) is 23.9 Å². The number of rotatable bonds is 7. The van der Waals surface area contributed by atoms with Crippen LogP contribution in [0.5, 0.6) is 17.2 Å². The van der Waals surface area contributed by atoms with E-state index in [1.165, 1.54) is 23.5 Å². The smallest absolute Gasteiger partial charge is 0.254 e. The first-order valence-electron chi connectivity index (χ1n) is 10.9. The number of carbonyl (C=O) groups is 1. The summed E-state index contributed by atoms with van der Waals surface area (Å²) in [6.07, 6.45) is 0. The van der Waals surface area contributed by atoms with Crippen molar-refractivity contribution in [2.75, 3.05) is 53.2 Å². The minimum absolute atomic E-state index is 0.0253. The van der Waals surface area contributed by atoms with Gasteiger partial charge in [-0.05, 0) is 31.2 Å². The number of amides is 1. The van der Waals surface area contributed by atoms with Crippen LogP contribution in [0.4, 0.5) is 0 Å². The summed E-state index contributed by atoms with van der Waals surface area (Å²) in [6, 6.07) is 10.1. The Kier molecular flexibility index (Phi) is 7.06. The molecule has 2 heterocycles. The van der Waals surface area contributed by atoms with E-state index >= 15 is 0 Å². The van der Waals surface area contributed by atoms with Gasteiger partial charge in [-0.1, -0.05) is 12.1 Å². The topological polar surface area (TPSA) is 94.6 Å². The Labute approximate surface area is 193 Å². The summed E-state index contributed by atoms with van der Waals surface area (Å²) in [5.41, 5.74) is 1.10. The lowest BCUT2D eigenvalue weighted by Crippen LogP contribution is -2.40. The molecular formula is C23H28N2O7S. The summed E-state index contributed by atoms with van der Waals surface area (Å²) in [7, 11) is -2.43. The molecule has 10 heteroatoms. The van der Waals surface area contributed by atoms with Crippen LogP contribution in [0.25, 0.3) is 0 Å². The average Bonchev–Trinajstić information content (AvgIpc) is 2.87. The summed E-state index contributed by atoms with van der Waals surface area (Å²) in [5.74, 6) is 1.21. The molecular weight excluding hydrogens is 448 g/mol. The fourth-order valence-electron chi connectivity index (χ4n) is 3.91. The van der Waals surface area contributed by atoms with E-state index in [9.17, 15) is 13.2 Å². The number of para-hydroxylation sites is 1. The molecule has 178 valence electrons. The second-order valence-electron chi connectivity index (χ2n) is 7.64. The first-order valence-corrected chi connectivity index (χ1v) is 12.3. The predicted molar refractivity (Wildman–Crippen MR) is 120 cm³/mol. The van der Waals surface area contributed by atoms with Crippen molar-refractivity contribution >= 4 is 15.9 Å². The van der Waals surface area contributed by atoms with Crippen molar-refractivity contribution in [2.24, 2.45) is 0 Å². The van der Waals surface area contributed by atoms with E-state index in [0.29, 0.717) is 51.0 Å². The molecule has 4 rings (SSSR count). The van der Waals surface area contributed by atoms with Gasteiger partial charge >= 0.3 is 0 Å². The van der Waals surface area contributed by atoms with Crippen molar-refractivity contribution in [2.45, 2.75) is 18.4 Å². The van der Waals surface area contributed by atoms with E-state index < -0.39 is 10.0 Å². The maximum Gasteiger partial charge on any atom is 0.254 e. The molecule has 2 aromatic rings. The Morgan fingerprint density at radius 2 is 1.85 bits per heavy atom. The molecule has 1 amide bonds. The van der Waals surface area contributed by atoms with Gasteiger partial charge in [-0.3, -0.25) is 4.79 Å². The van der Waals surface area contributed by atoms with Gasteiger partial charge < -0.3 is 23.8 Å². The molecule has 0 spiro atoms. The fourth-order valence-corrected chi connectivity index (χ4v) is 5.50. The van der Waals surface area contributed by atoms with E-state index in [4.69, 9.17) is 18.9 Å². The van der Waals surface area contributed by atoms with Gasteiger partial charge in [0.15, 0.2) is 11.5 Å². The summed E-state index contributed by atoms with van der Waals surface area (Å²) < 4.78 is 49.9. The summed E-state index contributed by atoms with van der Waals surface area (Å²) in [4.78, 5) is 15.0. The van der Waals surface area contributed by atoms with Crippen molar-refractivity contribution in [3.63, 3.8) is 0 Å². The molecule has 1 saturated heterocycles. The van der Waals surface area contributed by atoms with Gasteiger partial charge in [0, 0.05) is 37.3 Å². The second-order valence-corrected chi connectivity index (χ2v) is 9.55. The highest BCUT2D eigenvalue weighted by atomic mass is 32.2. The lowest BCUT2D eigenvalue weighted by atomic mass is 10.1. The van der Waals surface area contributed by atoms with Crippen molar-refractivity contribution in [3.05, 3.63) is 47.5 Å². The average molecular weight is 477 g/mol. The maximum atomic E-state index is 13.4. The van der Waals surface area contributed by atoms with Gasteiger partial charge in [0.2, 0.25) is 10.0 Å². The van der Waals surface area contributed by atoms with E-state index in [1.807, 2.05) is 25.1 Å². The number of benzene rings is 2. The van der Waals surface area contributed by atoms with Crippen molar-refractivity contribution in [1.29, 1.82) is 0 Å². The highest BCUT2D eigenvalue weighted by Crippen LogP contribution is 2.35. The van der Waals surface area contributed by atoms with Crippen LogP contribution in [0.1, 0.15) is 22.8 Å². The van der Waals surface area contributed by atoms with E-state index in [2.05, 4.69) is 0 Å². The highest BCUT2D eigenvalue weighted by molar-refractivity contribution is 7.89. The number of morpholine rings is 1. The monoisotopic (exact) mass is 476 g/mol. The SMILES string of the molecule is CCN(Cc1cccc2c1OCCO2)C(=O)c1ccc(OC)c(S(=O)(=O)N2CCOCC2)c1. The van der Waals surface area contributed by atoms with E-state index in [0.717, 1.165) is 5.56 Å². The summed E-state index contributed by atoms with van der Waals surface area (Å²) in [5, 5.41) is 0. The number of ether oxygens (including phenoxy) is 4. The van der Waals surface area contributed by atoms with Crippen LogP contribution in [-0.4, -0.2) is 76.7 Å². The van der Waals surface area contributed by atoms with Crippen molar-refractivity contribution in [3.8, 4) is 17.2 Å². The van der Waals surface area contributed by atoms with E-state index in [-0.39, 0.29) is 35.2 Å². The molecule has 2 aliphatic rings. The molecule has 0 radical (unpaired) electrons. The predicted octanol–water partition coefficient (Wildman–Crippen LogP) is 2.15. The van der Waals surface area contributed by atoms with Gasteiger partial charge in [-0.25, -0.2) is 8.42 Å². The molecule has 0 atom stereocenters. The third-order valence-electron chi connectivity index (χ3n) is 5.68. The lowest BCUT2D eigenvalue weighted by molar-refractivity contribution is 0.0728. The number of hydrogen-bond acceptors (Lipinski definition) is 7. The third kappa shape index (κ3) is 4.78. The van der Waals surface area contributed by atoms with Crippen LogP contribution in [0.2, 0.25) is 0 Å². The zero-order chi connectivity index (χ0) is 23.4. The fraction of sp³-hybridized carbons (Fsp3) is 0.435. The number of fused-ring (bicyclic) bond motifs is 1. The summed E-state index contributed by atoms with van der Waals surface area (Å²) >= 11 is 0. The van der Waals surface area contributed by atoms with Crippen LogP contribution < -0.4 is 14.2 Å². The van der Waals surface area contributed by atoms with Crippen molar-refractivity contribution in [1.82, 2.24) is 9.21 Å². The molecule has 0 aromatic heterocycles. The quantitative estimate of drug-likeness (QED) is 0.604. The maximum absolute atomic E-state index is 13.4. The molecule has 2 aromatic carbocycles. The molecule has 9 nitrogen and oxygen atoms in total. The van der Waals surface area contributed by atoms with Gasteiger partial charge in [0.05, 0.1) is 20.3 Å². The van der Waals surface area contributed by atoms with Gasteiger partial charge in [-0.15, -0.1) is 0 Å². The second kappa shape index (κ2) is 9.98. The molecule has 0 N–H and O–H groups in total. The normalized spacial score (nSPS) is 16.3. The zero-order valence-electron chi connectivity index (χ0n) is 18.8. The van der Waals surface area contributed by atoms with Crippen LogP contribution >= 0.6 is 0 Å². The van der Waals surface area contributed by atoms with Crippen LogP contribution in [-0.2, 0) is 21.3 Å². The summed E-state index contributed by atoms with van der Waals surface area (Å²) in [6.45, 7) is 4.72. The molecule has 0 unspecified atom stereocenters. The Balaban J connectivity index is 1.63. The number of sulfonamides is 1. The molecule has 1 fully saturated rings. The van der Waals surface area contributed by atoms with Gasteiger partial charge in [-0.2, -0.15) is 4.31 Å². The number of nitrogens with zero attached hydrogens (tertiary/aromatic N) is 2. The Hall–Kier alpha value is -2.82. The largest absolute Gasteiger partial charge is 0.495 e. The minimum atomic E-state index is -3.84. The third-order valence-corrected chi connectivity index (χ3v) is 7.60. The molecule has 2 aliphatic heterocycles. The van der Waals surface area contributed by atoms with Crippen LogP contribution in [0, 0.1) is 0 Å². The van der Waals surface area contributed by atoms with Crippen LogP contribution in [0.15, 0.2) is 41.3 Å². The minimum Gasteiger partial charge on any atom is -0.495 e. The molecule has 0 aliphatic carbocycles. The first-order chi connectivity index (χ1) is 16.0. The number of hydrogen-bond donors (Lipinski definition) is 0. The Morgan fingerprint density at radius 1 is 1.09 bits per heavy atom. The molecule has 33 heavy (non-hydrogen) atoms. The Bertz CT molecular complexity index is 1110. The number of carbonyl (C=O) groups excluding carboxylic acids is 1. The zero-order valence-corrected chi connectivity index (χ0v) is 19.6. The Morgan fingerprint density at radius 3 is 2.58 bits per heavy atom. The van der Waals surface area contributed by atoms with Crippen LogP contribution in [0.3, 0.4) is 0 Å². The highest BCUT2D eigenvalue weighted by Gasteiger charge is 2.31. The number of methoxy groups -OCH3 is 1. The lowest BCUT2D eigenvalue weighted by Gasteiger charge is -2.27. The molecule has 0 bridgehead atoms. The standard InChI is InChI=1S/C23H28N2O7S/c1-3-24(16-18-5-4-6-20-22(18)32-14-13-31-20)23(26)17-7-8-19(29-2)21(15-17)33(27,28)25-9-11-30-12-10-25/h4-8,15H,3,9-14,16H2,1-2H3. The van der Waals surface area contributed by atoms with Crippen molar-refractivity contribution < 1.29 is 32.2 Å². The van der Waals surface area contributed by atoms with Gasteiger partial charge in [0.25, 0.3) is 5.91 Å². The first kappa shape index (κ1) is 23.3. The van der Waals surface area contributed by atoms with E-state index in [1.54, 1.807) is 11.0 Å².